The van der Waals surface area contributed by atoms with Gasteiger partial charge in [0.2, 0.25) is 11.8 Å². The highest BCUT2D eigenvalue weighted by molar-refractivity contribution is 14.0. The number of benzene rings is 2. The molecule has 0 bridgehead atoms. The molecule has 1 atom stereocenters. The van der Waals surface area contributed by atoms with Crippen molar-refractivity contribution < 1.29 is 9.59 Å². The van der Waals surface area contributed by atoms with Crippen molar-refractivity contribution in [2.45, 2.75) is 25.8 Å². The van der Waals surface area contributed by atoms with Crippen molar-refractivity contribution in [2.24, 2.45) is 10.7 Å². The number of primary amides is 1. The van der Waals surface area contributed by atoms with Crippen LogP contribution in [0.15, 0.2) is 53.5 Å². The minimum Gasteiger partial charge on any atom is -0.366 e. The first-order valence-electron chi connectivity index (χ1n) is 9.36. The number of carbonyl (C=O) groups excluding carboxylic acids is 2. The van der Waals surface area contributed by atoms with Gasteiger partial charge in [0, 0.05) is 36.7 Å². The standard InChI is InChI=1S/C21H25N5O2.HI/c1-2-23-21(24-12-14-7-9-15(10-8-14)20(22)28)25-13-16-11-19(27)26-18-6-4-3-5-17(16)18;/h3-10,16H,2,11-13H2,1H3,(H2,22,28)(H,26,27)(H2,23,24,25);1H. The van der Waals surface area contributed by atoms with E-state index < -0.39 is 5.91 Å². The first-order chi connectivity index (χ1) is 13.6. The summed E-state index contributed by atoms with van der Waals surface area (Å²) < 4.78 is 0. The van der Waals surface area contributed by atoms with Gasteiger partial charge in [-0.3, -0.25) is 9.59 Å². The van der Waals surface area contributed by atoms with Crippen LogP contribution in [-0.2, 0) is 11.3 Å². The first kappa shape index (κ1) is 22.7. The summed E-state index contributed by atoms with van der Waals surface area (Å²) in [5.74, 6) is 0.359. The van der Waals surface area contributed by atoms with Crippen LogP contribution >= 0.6 is 24.0 Å². The number of carbonyl (C=O) groups is 2. The van der Waals surface area contributed by atoms with Crippen LogP contribution in [0.25, 0.3) is 0 Å². The molecular weight excluding hydrogens is 481 g/mol. The second-order valence-electron chi connectivity index (χ2n) is 6.67. The average Bonchev–Trinajstić information content (AvgIpc) is 2.70. The minimum absolute atomic E-state index is 0. The summed E-state index contributed by atoms with van der Waals surface area (Å²) in [5, 5.41) is 9.47. The van der Waals surface area contributed by atoms with Crippen molar-refractivity contribution in [3.63, 3.8) is 0 Å². The lowest BCUT2D eigenvalue weighted by molar-refractivity contribution is -0.116. The van der Waals surface area contributed by atoms with Crippen LogP contribution in [0.5, 0.6) is 0 Å². The van der Waals surface area contributed by atoms with E-state index in [1.165, 1.54) is 0 Å². The van der Waals surface area contributed by atoms with Crippen LogP contribution in [0.2, 0.25) is 0 Å². The lowest BCUT2D eigenvalue weighted by atomic mass is 9.90. The van der Waals surface area contributed by atoms with Gasteiger partial charge in [-0.05, 0) is 36.2 Å². The van der Waals surface area contributed by atoms with Crippen molar-refractivity contribution in [3.8, 4) is 0 Å². The predicted octanol–water partition coefficient (Wildman–Crippen LogP) is 2.58. The van der Waals surface area contributed by atoms with E-state index in [1.54, 1.807) is 12.1 Å². The molecule has 0 saturated heterocycles. The van der Waals surface area contributed by atoms with Crippen molar-refractivity contribution >= 4 is 47.4 Å². The van der Waals surface area contributed by atoms with Gasteiger partial charge in [-0.15, -0.1) is 24.0 Å². The highest BCUT2D eigenvalue weighted by atomic mass is 127. The third-order valence-electron chi connectivity index (χ3n) is 4.62. The summed E-state index contributed by atoms with van der Waals surface area (Å²) in [6, 6.07) is 15.0. The lowest BCUT2D eigenvalue weighted by Crippen LogP contribution is -2.40. The molecule has 0 spiro atoms. The summed E-state index contributed by atoms with van der Waals surface area (Å²) in [6.45, 7) is 3.81. The summed E-state index contributed by atoms with van der Waals surface area (Å²) >= 11 is 0. The van der Waals surface area contributed by atoms with Crippen LogP contribution in [-0.4, -0.2) is 30.9 Å². The molecule has 0 aromatic heterocycles. The van der Waals surface area contributed by atoms with Crippen LogP contribution in [0.3, 0.4) is 0 Å². The van der Waals surface area contributed by atoms with Gasteiger partial charge in [-0.1, -0.05) is 30.3 Å². The summed E-state index contributed by atoms with van der Waals surface area (Å²) in [5.41, 5.74) is 8.73. The number of nitrogens with two attached hydrogens (primary N) is 1. The van der Waals surface area contributed by atoms with E-state index >= 15 is 0 Å². The number of hydrogen-bond acceptors (Lipinski definition) is 3. The quantitative estimate of drug-likeness (QED) is 0.274. The van der Waals surface area contributed by atoms with E-state index in [9.17, 15) is 9.59 Å². The molecule has 0 aliphatic carbocycles. The third-order valence-corrected chi connectivity index (χ3v) is 4.62. The van der Waals surface area contributed by atoms with Gasteiger partial charge in [-0.25, -0.2) is 4.99 Å². The molecule has 7 nitrogen and oxygen atoms in total. The molecule has 2 amide bonds. The Kier molecular flexibility index (Phi) is 8.44. The van der Waals surface area contributed by atoms with E-state index in [1.807, 2.05) is 43.3 Å². The van der Waals surface area contributed by atoms with Gasteiger partial charge in [-0.2, -0.15) is 0 Å². The Hall–Kier alpha value is -2.62. The van der Waals surface area contributed by atoms with Gasteiger partial charge >= 0.3 is 0 Å². The fourth-order valence-corrected chi connectivity index (χ4v) is 3.19. The topological polar surface area (TPSA) is 109 Å². The van der Waals surface area contributed by atoms with E-state index in [0.29, 0.717) is 31.0 Å². The van der Waals surface area contributed by atoms with E-state index in [-0.39, 0.29) is 35.8 Å². The fourth-order valence-electron chi connectivity index (χ4n) is 3.19. The minimum atomic E-state index is -0.443. The number of nitrogens with one attached hydrogen (secondary N) is 3. The zero-order valence-electron chi connectivity index (χ0n) is 16.3. The monoisotopic (exact) mass is 507 g/mol. The van der Waals surface area contributed by atoms with Gasteiger partial charge in [0.05, 0.1) is 6.54 Å². The molecule has 3 rings (SSSR count). The van der Waals surface area contributed by atoms with Gasteiger partial charge in [0.25, 0.3) is 0 Å². The maximum atomic E-state index is 12.0. The van der Waals surface area contributed by atoms with Gasteiger partial charge in [0.15, 0.2) is 5.96 Å². The van der Waals surface area contributed by atoms with Crippen molar-refractivity contribution in [3.05, 3.63) is 65.2 Å². The fraction of sp³-hybridized carbons (Fsp3) is 0.286. The van der Waals surface area contributed by atoms with E-state index in [2.05, 4.69) is 20.9 Å². The molecule has 1 unspecified atom stereocenters. The zero-order chi connectivity index (χ0) is 19.9. The third kappa shape index (κ3) is 6.18. The summed E-state index contributed by atoms with van der Waals surface area (Å²) in [7, 11) is 0. The Morgan fingerprint density at radius 1 is 1.17 bits per heavy atom. The number of hydrogen-bond donors (Lipinski definition) is 4. The number of rotatable bonds is 6. The molecule has 2 aromatic rings. The molecule has 0 radical (unpaired) electrons. The molecule has 29 heavy (non-hydrogen) atoms. The Morgan fingerprint density at radius 2 is 1.90 bits per heavy atom. The molecule has 1 heterocycles. The van der Waals surface area contributed by atoms with Crippen molar-refractivity contribution in [1.29, 1.82) is 0 Å². The Balaban J connectivity index is 0.00000300. The molecule has 1 aliphatic rings. The number of guanidine groups is 1. The van der Waals surface area contributed by atoms with Crippen molar-refractivity contribution in [1.82, 2.24) is 10.6 Å². The van der Waals surface area contributed by atoms with Crippen LogP contribution in [0.4, 0.5) is 5.69 Å². The normalized spacial score (nSPS) is 15.6. The molecule has 154 valence electrons. The molecule has 0 saturated carbocycles. The number of amides is 2. The number of fused-ring (bicyclic) bond motifs is 1. The van der Waals surface area contributed by atoms with Crippen molar-refractivity contribution in [2.75, 3.05) is 18.4 Å². The highest BCUT2D eigenvalue weighted by Gasteiger charge is 2.24. The molecule has 8 heteroatoms. The number of nitrogens with zero attached hydrogens (tertiary/aromatic N) is 1. The molecule has 0 fully saturated rings. The maximum absolute atomic E-state index is 12.0. The second-order valence-corrected chi connectivity index (χ2v) is 6.67. The molecule has 1 aliphatic heterocycles. The largest absolute Gasteiger partial charge is 0.366 e. The SMILES string of the molecule is CCNC(=NCc1ccc(C(N)=O)cc1)NCC1CC(=O)Nc2ccccc21.I. The van der Waals surface area contributed by atoms with Crippen LogP contribution in [0.1, 0.15) is 40.7 Å². The van der Waals surface area contributed by atoms with Gasteiger partial charge < -0.3 is 21.7 Å². The smallest absolute Gasteiger partial charge is 0.248 e. The molecule has 5 N–H and O–H groups in total. The molecular formula is C21H26IN5O2. The predicted molar refractivity (Wildman–Crippen MR) is 126 cm³/mol. The highest BCUT2D eigenvalue weighted by Crippen LogP contribution is 2.31. The average molecular weight is 507 g/mol. The Labute approximate surface area is 187 Å². The first-order valence-corrected chi connectivity index (χ1v) is 9.36. The number of para-hydroxylation sites is 1. The Bertz CT molecular complexity index is 883. The number of halogens is 1. The van der Waals surface area contributed by atoms with E-state index in [0.717, 1.165) is 23.4 Å². The zero-order valence-corrected chi connectivity index (χ0v) is 18.6. The summed E-state index contributed by atoms with van der Waals surface area (Å²) in [6.07, 6.45) is 0.442. The summed E-state index contributed by atoms with van der Waals surface area (Å²) in [4.78, 5) is 27.7. The maximum Gasteiger partial charge on any atom is 0.248 e. The molecule has 2 aromatic carbocycles. The van der Waals surface area contributed by atoms with Gasteiger partial charge in [0.1, 0.15) is 0 Å². The lowest BCUT2D eigenvalue weighted by Gasteiger charge is -2.26. The number of aliphatic imine (C=N–C) groups is 1. The second kappa shape index (κ2) is 10.8. The van der Waals surface area contributed by atoms with E-state index in [4.69, 9.17) is 5.73 Å². The number of anilines is 1. The van der Waals surface area contributed by atoms with Crippen LogP contribution in [0, 0.1) is 0 Å². The Morgan fingerprint density at radius 3 is 2.59 bits per heavy atom. The van der Waals surface area contributed by atoms with Crippen LogP contribution < -0.4 is 21.7 Å².